The van der Waals surface area contributed by atoms with Crippen LogP contribution in [-0.4, -0.2) is 36.7 Å². The number of sulfonamides is 1. The van der Waals surface area contributed by atoms with Crippen LogP contribution in [0.4, 0.5) is 5.82 Å². The van der Waals surface area contributed by atoms with Crippen molar-refractivity contribution in [2.45, 2.75) is 24.7 Å². The van der Waals surface area contributed by atoms with Gasteiger partial charge in [0.15, 0.2) is 0 Å². The van der Waals surface area contributed by atoms with Crippen LogP contribution in [-0.2, 0) is 10.0 Å². The highest BCUT2D eigenvalue weighted by atomic mass is 32.2. The van der Waals surface area contributed by atoms with Gasteiger partial charge in [-0.3, -0.25) is 4.79 Å². The fraction of sp³-hybridized carbons (Fsp3) is 0.375. The molecular formula is C16H19N3O3S2. The maximum absolute atomic E-state index is 12.7. The van der Waals surface area contributed by atoms with Gasteiger partial charge in [0.05, 0.1) is 9.77 Å². The van der Waals surface area contributed by atoms with Gasteiger partial charge >= 0.3 is 0 Å². The third-order valence-electron chi connectivity index (χ3n) is 4.09. The molecule has 0 saturated carbocycles. The molecule has 1 saturated heterocycles. The number of aromatic nitrogens is 1. The van der Waals surface area contributed by atoms with Crippen LogP contribution in [0, 0.1) is 5.92 Å². The van der Waals surface area contributed by atoms with Crippen molar-refractivity contribution in [3.05, 3.63) is 40.7 Å². The molecule has 1 N–H and O–H groups in total. The van der Waals surface area contributed by atoms with Crippen molar-refractivity contribution in [2.75, 3.05) is 18.4 Å². The summed E-state index contributed by atoms with van der Waals surface area (Å²) in [5.41, 5.74) is 0. The first-order chi connectivity index (χ1) is 11.5. The quantitative estimate of drug-likeness (QED) is 0.903. The van der Waals surface area contributed by atoms with Gasteiger partial charge in [0.2, 0.25) is 10.0 Å². The van der Waals surface area contributed by atoms with Crippen molar-refractivity contribution in [1.29, 1.82) is 0 Å². The summed E-state index contributed by atoms with van der Waals surface area (Å²) in [6.45, 7) is 3.21. The first kappa shape index (κ1) is 17.1. The highest BCUT2D eigenvalue weighted by Gasteiger charge is 2.29. The predicted molar refractivity (Wildman–Crippen MR) is 93.7 cm³/mol. The molecule has 24 heavy (non-hydrogen) atoms. The van der Waals surface area contributed by atoms with Gasteiger partial charge in [-0.15, -0.1) is 11.3 Å². The molecule has 3 heterocycles. The van der Waals surface area contributed by atoms with Gasteiger partial charge in [-0.05, 0) is 37.0 Å². The number of hydrogen-bond acceptors (Lipinski definition) is 5. The van der Waals surface area contributed by atoms with E-state index in [1.807, 2.05) is 0 Å². The summed E-state index contributed by atoms with van der Waals surface area (Å²) in [7, 11) is -3.52. The Kier molecular flexibility index (Phi) is 4.98. The molecular weight excluding hydrogens is 346 g/mol. The molecule has 2 aromatic rings. The van der Waals surface area contributed by atoms with Crippen molar-refractivity contribution in [1.82, 2.24) is 9.29 Å². The monoisotopic (exact) mass is 365 g/mol. The topological polar surface area (TPSA) is 79.4 Å². The Bertz CT molecular complexity index is 810. The summed E-state index contributed by atoms with van der Waals surface area (Å²) in [4.78, 5) is 16.8. The molecule has 8 heteroatoms. The molecule has 0 aromatic carbocycles. The molecule has 0 radical (unpaired) electrons. The molecule has 1 amide bonds. The summed E-state index contributed by atoms with van der Waals surface area (Å²) >= 11 is 1.12. The molecule has 1 aliphatic rings. The number of piperidine rings is 1. The van der Waals surface area contributed by atoms with Crippen LogP contribution in [0.1, 0.15) is 29.4 Å². The maximum atomic E-state index is 12.7. The fourth-order valence-corrected chi connectivity index (χ4v) is 5.19. The molecule has 0 spiro atoms. The van der Waals surface area contributed by atoms with Crippen molar-refractivity contribution < 1.29 is 13.2 Å². The van der Waals surface area contributed by atoms with Crippen LogP contribution in [0.25, 0.3) is 0 Å². The summed E-state index contributed by atoms with van der Waals surface area (Å²) in [5, 5.41) is 4.19. The normalized spacial score (nSPS) is 16.9. The summed E-state index contributed by atoms with van der Waals surface area (Å²) in [6.07, 6.45) is 3.32. The smallest absolute Gasteiger partial charge is 0.266 e. The summed E-state index contributed by atoms with van der Waals surface area (Å²) in [5.74, 6) is 0.636. The van der Waals surface area contributed by atoms with E-state index in [0.717, 1.165) is 24.2 Å². The van der Waals surface area contributed by atoms with E-state index in [1.165, 1.54) is 15.8 Å². The van der Waals surface area contributed by atoms with Crippen molar-refractivity contribution >= 4 is 33.1 Å². The van der Waals surface area contributed by atoms with E-state index in [4.69, 9.17) is 0 Å². The van der Waals surface area contributed by atoms with Gasteiger partial charge in [-0.2, -0.15) is 4.31 Å². The Balaban J connectivity index is 1.74. The lowest BCUT2D eigenvalue weighted by Gasteiger charge is -2.29. The van der Waals surface area contributed by atoms with Gasteiger partial charge in [0.25, 0.3) is 5.91 Å². The van der Waals surface area contributed by atoms with Crippen molar-refractivity contribution in [3.8, 4) is 0 Å². The number of anilines is 1. The largest absolute Gasteiger partial charge is 0.306 e. The van der Waals surface area contributed by atoms with E-state index >= 15 is 0 Å². The third-order valence-corrected chi connectivity index (χ3v) is 7.04. The minimum absolute atomic E-state index is 0.188. The lowest BCUT2D eigenvalue weighted by molar-refractivity contribution is 0.103. The lowest BCUT2D eigenvalue weighted by Crippen LogP contribution is -2.37. The van der Waals surface area contributed by atoms with Gasteiger partial charge in [0.1, 0.15) is 5.82 Å². The average Bonchev–Trinajstić information content (AvgIpc) is 3.07. The van der Waals surface area contributed by atoms with E-state index in [0.29, 0.717) is 29.7 Å². The number of thiophene rings is 1. The average molecular weight is 365 g/mol. The maximum Gasteiger partial charge on any atom is 0.266 e. The first-order valence-electron chi connectivity index (χ1n) is 7.78. The number of carbonyl (C=O) groups is 1. The third kappa shape index (κ3) is 3.66. The number of hydrogen-bond donors (Lipinski definition) is 1. The Hall–Kier alpha value is -1.77. The summed E-state index contributed by atoms with van der Waals surface area (Å²) in [6, 6.07) is 6.64. The highest BCUT2D eigenvalue weighted by molar-refractivity contribution is 7.89. The van der Waals surface area contributed by atoms with E-state index < -0.39 is 10.0 Å². The zero-order chi connectivity index (χ0) is 17.2. The van der Waals surface area contributed by atoms with E-state index in [2.05, 4.69) is 17.2 Å². The Labute approximate surface area is 145 Å². The van der Waals surface area contributed by atoms with Gasteiger partial charge in [-0.25, -0.2) is 13.4 Å². The second kappa shape index (κ2) is 7.00. The zero-order valence-electron chi connectivity index (χ0n) is 13.3. The van der Waals surface area contributed by atoms with Gasteiger partial charge in [0, 0.05) is 24.7 Å². The van der Waals surface area contributed by atoms with E-state index in [1.54, 1.807) is 24.4 Å². The number of amides is 1. The van der Waals surface area contributed by atoms with Crippen LogP contribution in [0.15, 0.2) is 40.7 Å². The van der Waals surface area contributed by atoms with Gasteiger partial charge < -0.3 is 5.32 Å². The molecule has 1 aliphatic heterocycles. The summed E-state index contributed by atoms with van der Waals surface area (Å²) < 4.78 is 26.9. The molecule has 0 aliphatic carbocycles. The SMILES string of the molecule is CC1CCN(S(=O)(=O)c2csc(C(=O)Nc3ccccn3)c2)CC1. The minimum Gasteiger partial charge on any atom is -0.306 e. The number of rotatable bonds is 4. The van der Waals surface area contributed by atoms with E-state index in [9.17, 15) is 13.2 Å². The standard InChI is InChI=1S/C16H19N3O3S2/c1-12-5-8-19(9-6-12)24(21,22)13-10-14(23-11-13)16(20)18-15-4-2-3-7-17-15/h2-4,7,10-12H,5-6,8-9H2,1H3,(H,17,18,20). The van der Waals surface area contributed by atoms with Crippen molar-refractivity contribution in [2.24, 2.45) is 5.92 Å². The van der Waals surface area contributed by atoms with Crippen LogP contribution >= 0.6 is 11.3 Å². The van der Waals surface area contributed by atoms with Crippen LogP contribution in [0.3, 0.4) is 0 Å². The predicted octanol–water partition coefficient (Wildman–Crippen LogP) is 2.82. The molecule has 6 nitrogen and oxygen atoms in total. The zero-order valence-corrected chi connectivity index (χ0v) is 14.9. The second-order valence-electron chi connectivity index (χ2n) is 5.90. The molecule has 1 fully saturated rings. The second-order valence-corrected chi connectivity index (χ2v) is 8.75. The minimum atomic E-state index is -3.52. The highest BCUT2D eigenvalue weighted by Crippen LogP contribution is 2.27. The van der Waals surface area contributed by atoms with E-state index in [-0.39, 0.29) is 10.8 Å². The molecule has 0 atom stereocenters. The number of carbonyl (C=O) groups excluding carboxylic acids is 1. The number of pyridine rings is 1. The molecule has 2 aromatic heterocycles. The number of nitrogens with one attached hydrogen (secondary N) is 1. The Morgan fingerprint density at radius 3 is 2.75 bits per heavy atom. The van der Waals surface area contributed by atoms with Crippen LogP contribution in [0.2, 0.25) is 0 Å². The van der Waals surface area contributed by atoms with Crippen LogP contribution < -0.4 is 5.32 Å². The van der Waals surface area contributed by atoms with Crippen LogP contribution in [0.5, 0.6) is 0 Å². The molecule has 128 valence electrons. The molecule has 0 bridgehead atoms. The lowest BCUT2D eigenvalue weighted by atomic mass is 10.0. The van der Waals surface area contributed by atoms with Gasteiger partial charge in [-0.1, -0.05) is 13.0 Å². The van der Waals surface area contributed by atoms with Crippen molar-refractivity contribution in [3.63, 3.8) is 0 Å². The first-order valence-corrected chi connectivity index (χ1v) is 10.1. The molecule has 0 unspecified atom stereocenters. The number of nitrogens with zero attached hydrogens (tertiary/aromatic N) is 2. The molecule has 3 rings (SSSR count). The Morgan fingerprint density at radius 1 is 1.33 bits per heavy atom. The fourth-order valence-electron chi connectivity index (χ4n) is 2.56. The Morgan fingerprint density at radius 2 is 2.08 bits per heavy atom.